The molecule has 1 amide bonds. The third kappa shape index (κ3) is 5.33. The largest absolute Gasteiger partial charge is 0.460 e. The van der Waals surface area contributed by atoms with Gasteiger partial charge < -0.3 is 14.8 Å². The summed E-state index contributed by atoms with van der Waals surface area (Å²) in [5.74, 6) is 2.50. The van der Waals surface area contributed by atoms with Crippen LogP contribution < -0.4 is 10.1 Å². The van der Waals surface area contributed by atoms with Crippen LogP contribution in [0.25, 0.3) is 17.1 Å². The second kappa shape index (κ2) is 10.5. The Morgan fingerprint density at radius 2 is 1.60 bits per heavy atom. The lowest BCUT2D eigenvalue weighted by molar-refractivity contribution is -0.140. The molecule has 3 aromatic rings. The first kappa shape index (κ1) is 26.8. The molecule has 10 heteroatoms. The molecule has 0 aliphatic heterocycles. The van der Waals surface area contributed by atoms with Crippen LogP contribution in [-0.4, -0.2) is 40.5 Å². The van der Waals surface area contributed by atoms with Crippen molar-refractivity contribution in [2.24, 2.45) is 23.2 Å². The van der Waals surface area contributed by atoms with Crippen molar-refractivity contribution in [3.8, 4) is 23.1 Å². The zero-order valence-electron chi connectivity index (χ0n) is 22.4. The van der Waals surface area contributed by atoms with Gasteiger partial charge in [0, 0.05) is 17.9 Å². The maximum absolute atomic E-state index is 13.5. The maximum Gasteiger partial charge on any atom is 0.416 e. The lowest BCUT2D eigenvalue weighted by Crippen LogP contribution is -2.51. The Morgan fingerprint density at radius 3 is 2.17 bits per heavy atom. The molecule has 1 heterocycles. The Labute approximate surface area is 231 Å². The lowest BCUT2D eigenvalue weighted by Gasteiger charge is -2.55. The lowest BCUT2D eigenvalue weighted by atomic mass is 9.49. The van der Waals surface area contributed by atoms with E-state index in [4.69, 9.17) is 9.47 Å². The summed E-state index contributed by atoms with van der Waals surface area (Å²) in [7, 11) is 0. The molecular formula is C30H33F3N4O3. The van der Waals surface area contributed by atoms with Gasteiger partial charge in [-0.3, -0.25) is 4.79 Å². The van der Waals surface area contributed by atoms with Crippen molar-refractivity contribution in [3.05, 3.63) is 54.1 Å². The van der Waals surface area contributed by atoms with E-state index < -0.39 is 11.7 Å². The summed E-state index contributed by atoms with van der Waals surface area (Å²) in [5.41, 5.74) is 0.806. The summed E-state index contributed by atoms with van der Waals surface area (Å²) < 4.78 is 51.8. The standard InChI is InChI=1S/C30H33F3N4O3/c1-2-39-11-12-40-28-35-26(22-3-5-23(6-4-22)30(31,32)33)37(36-28)25-9-7-24(8-10-25)34-27(38)29-16-19-13-20(17-29)15-21(14-19)18-29/h3-10,19-21H,2,11-18H2,1H3,(H,34,38). The van der Waals surface area contributed by atoms with Gasteiger partial charge in [-0.15, -0.1) is 5.10 Å². The zero-order chi connectivity index (χ0) is 27.9. The van der Waals surface area contributed by atoms with E-state index >= 15 is 0 Å². The van der Waals surface area contributed by atoms with Gasteiger partial charge in [-0.05, 0) is 99.6 Å². The summed E-state index contributed by atoms with van der Waals surface area (Å²) in [6, 6.07) is 12.1. The molecule has 0 atom stereocenters. The monoisotopic (exact) mass is 554 g/mol. The van der Waals surface area contributed by atoms with Crippen LogP contribution >= 0.6 is 0 Å². The highest BCUT2D eigenvalue weighted by molar-refractivity contribution is 5.95. The number of benzene rings is 2. The van der Waals surface area contributed by atoms with E-state index in [1.807, 2.05) is 31.2 Å². The fourth-order valence-corrected chi connectivity index (χ4v) is 7.20. The van der Waals surface area contributed by atoms with Crippen LogP contribution in [0.3, 0.4) is 0 Å². The Kier molecular flexibility index (Phi) is 7.06. The van der Waals surface area contributed by atoms with Crippen molar-refractivity contribution < 1.29 is 27.4 Å². The van der Waals surface area contributed by atoms with E-state index in [-0.39, 0.29) is 23.9 Å². The number of halogens is 3. The fraction of sp³-hybridized carbons (Fsp3) is 0.500. The molecule has 4 bridgehead atoms. The third-order valence-electron chi connectivity index (χ3n) is 8.61. The molecular weight excluding hydrogens is 521 g/mol. The number of amides is 1. The van der Waals surface area contributed by atoms with E-state index in [9.17, 15) is 18.0 Å². The summed E-state index contributed by atoms with van der Waals surface area (Å²) >= 11 is 0. The molecule has 0 radical (unpaired) electrons. The SMILES string of the molecule is CCOCCOc1nc(-c2ccc(C(F)(F)F)cc2)n(-c2ccc(NC(=O)C34CC5CC(CC(C5)C3)C4)cc2)n1. The molecule has 212 valence electrons. The Hall–Kier alpha value is -3.40. The van der Waals surface area contributed by atoms with Crippen molar-refractivity contribution in [2.45, 2.75) is 51.6 Å². The van der Waals surface area contributed by atoms with Crippen LogP contribution in [0.2, 0.25) is 0 Å². The first-order valence-corrected chi connectivity index (χ1v) is 14.0. The molecule has 40 heavy (non-hydrogen) atoms. The van der Waals surface area contributed by atoms with Crippen molar-refractivity contribution in [1.29, 1.82) is 0 Å². The Morgan fingerprint density at radius 1 is 0.975 bits per heavy atom. The van der Waals surface area contributed by atoms with Crippen molar-refractivity contribution in [3.63, 3.8) is 0 Å². The number of rotatable bonds is 9. The Balaban J connectivity index is 1.22. The van der Waals surface area contributed by atoms with Gasteiger partial charge in [0.1, 0.15) is 6.61 Å². The van der Waals surface area contributed by atoms with Gasteiger partial charge in [-0.1, -0.05) is 12.1 Å². The number of anilines is 1. The van der Waals surface area contributed by atoms with Gasteiger partial charge in [0.15, 0.2) is 5.82 Å². The Bertz CT molecular complexity index is 1320. The van der Waals surface area contributed by atoms with E-state index in [2.05, 4.69) is 15.4 Å². The van der Waals surface area contributed by atoms with Gasteiger partial charge in [0.25, 0.3) is 0 Å². The van der Waals surface area contributed by atoms with E-state index in [0.717, 1.165) is 31.4 Å². The van der Waals surface area contributed by atoms with Crippen LogP contribution in [0.4, 0.5) is 18.9 Å². The van der Waals surface area contributed by atoms with Crippen LogP contribution in [0.15, 0.2) is 48.5 Å². The third-order valence-corrected chi connectivity index (χ3v) is 8.61. The number of ether oxygens (including phenoxy) is 2. The first-order valence-electron chi connectivity index (χ1n) is 14.0. The number of alkyl halides is 3. The molecule has 1 N–H and O–H groups in total. The number of nitrogens with zero attached hydrogens (tertiary/aromatic N) is 3. The van der Waals surface area contributed by atoms with E-state index in [1.165, 1.54) is 36.1 Å². The molecule has 1 aromatic heterocycles. The van der Waals surface area contributed by atoms with Crippen LogP contribution in [0, 0.1) is 23.2 Å². The van der Waals surface area contributed by atoms with Crippen LogP contribution in [0.1, 0.15) is 51.0 Å². The molecule has 4 saturated carbocycles. The molecule has 0 saturated heterocycles. The molecule has 2 aromatic carbocycles. The fourth-order valence-electron chi connectivity index (χ4n) is 7.20. The molecule has 7 nitrogen and oxygen atoms in total. The van der Waals surface area contributed by atoms with Crippen LogP contribution in [-0.2, 0) is 15.7 Å². The number of aromatic nitrogens is 3. The number of hydrogen-bond donors (Lipinski definition) is 1. The molecule has 0 unspecified atom stereocenters. The predicted molar refractivity (Wildman–Crippen MR) is 143 cm³/mol. The van der Waals surface area contributed by atoms with E-state index in [1.54, 1.807) is 0 Å². The average molecular weight is 555 g/mol. The van der Waals surface area contributed by atoms with Crippen LogP contribution in [0.5, 0.6) is 6.01 Å². The minimum atomic E-state index is -4.43. The van der Waals surface area contributed by atoms with Crippen molar-refractivity contribution >= 4 is 11.6 Å². The minimum absolute atomic E-state index is 0.0915. The highest BCUT2D eigenvalue weighted by atomic mass is 19.4. The molecule has 4 aliphatic carbocycles. The topological polar surface area (TPSA) is 78.3 Å². The summed E-state index contributed by atoms with van der Waals surface area (Å²) in [6.07, 6.45) is 2.36. The number of nitrogens with one attached hydrogen (secondary N) is 1. The maximum atomic E-state index is 13.5. The molecule has 7 rings (SSSR count). The zero-order valence-corrected chi connectivity index (χ0v) is 22.4. The second-order valence-corrected chi connectivity index (χ2v) is 11.4. The highest BCUT2D eigenvalue weighted by Crippen LogP contribution is 2.60. The summed E-state index contributed by atoms with van der Waals surface area (Å²) in [6.45, 7) is 3.02. The van der Waals surface area contributed by atoms with Gasteiger partial charge in [0.2, 0.25) is 5.91 Å². The number of carbonyl (C=O) groups excluding carboxylic acids is 1. The highest BCUT2D eigenvalue weighted by Gasteiger charge is 2.54. The van der Waals surface area contributed by atoms with Gasteiger partial charge in [-0.25, -0.2) is 4.68 Å². The second-order valence-electron chi connectivity index (χ2n) is 11.4. The van der Waals surface area contributed by atoms with Crippen molar-refractivity contribution in [1.82, 2.24) is 14.8 Å². The van der Waals surface area contributed by atoms with E-state index in [0.29, 0.717) is 53.7 Å². The smallest absolute Gasteiger partial charge is 0.416 e. The predicted octanol–water partition coefficient (Wildman–Crippen LogP) is 6.52. The normalized spacial score (nSPS) is 25.2. The van der Waals surface area contributed by atoms with Gasteiger partial charge in [0.05, 0.1) is 23.3 Å². The number of hydrogen-bond acceptors (Lipinski definition) is 5. The quantitative estimate of drug-likeness (QED) is 0.305. The minimum Gasteiger partial charge on any atom is -0.460 e. The summed E-state index contributed by atoms with van der Waals surface area (Å²) in [5, 5.41) is 7.62. The summed E-state index contributed by atoms with van der Waals surface area (Å²) in [4.78, 5) is 17.9. The first-order chi connectivity index (χ1) is 19.2. The molecule has 0 spiro atoms. The average Bonchev–Trinajstić information content (AvgIpc) is 3.34. The molecule has 4 fully saturated rings. The van der Waals surface area contributed by atoms with Gasteiger partial charge >= 0.3 is 12.2 Å². The van der Waals surface area contributed by atoms with Crippen molar-refractivity contribution in [2.75, 3.05) is 25.1 Å². The number of carbonyl (C=O) groups is 1. The van der Waals surface area contributed by atoms with Gasteiger partial charge in [-0.2, -0.15) is 18.2 Å². The molecule has 4 aliphatic rings.